The van der Waals surface area contributed by atoms with Gasteiger partial charge in [0.15, 0.2) is 0 Å². The summed E-state index contributed by atoms with van der Waals surface area (Å²) in [6.45, 7) is 10.4. The summed E-state index contributed by atoms with van der Waals surface area (Å²) in [6, 6.07) is 3.52. The Hall–Kier alpha value is -1.70. The highest BCUT2D eigenvalue weighted by Crippen LogP contribution is 2.34. The summed E-state index contributed by atoms with van der Waals surface area (Å²) in [6.07, 6.45) is 2.21. The van der Waals surface area contributed by atoms with Gasteiger partial charge in [0, 0.05) is 30.7 Å². The van der Waals surface area contributed by atoms with Crippen LogP contribution in [0.1, 0.15) is 52.4 Å². The highest BCUT2D eigenvalue weighted by atomic mass is 35.5. The Morgan fingerprint density at radius 1 is 1.34 bits per heavy atom. The topological polar surface area (TPSA) is 64.3 Å². The Balaban J connectivity index is 1.46. The zero-order chi connectivity index (χ0) is 20.9. The number of likely N-dealkylation sites (tertiary alicyclic amines) is 1. The van der Waals surface area contributed by atoms with Gasteiger partial charge in [-0.05, 0) is 52.7 Å². The maximum atomic E-state index is 13.6. The van der Waals surface area contributed by atoms with Crippen molar-refractivity contribution in [3.05, 3.63) is 28.8 Å². The molecule has 2 unspecified atom stereocenters. The van der Waals surface area contributed by atoms with Crippen molar-refractivity contribution in [3.63, 3.8) is 0 Å². The van der Waals surface area contributed by atoms with Crippen molar-refractivity contribution in [2.24, 2.45) is 0 Å². The lowest BCUT2D eigenvalue weighted by Crippen LogP contribution is -2.57. The number of imidazole rings is 1. The lowest BCUT2D eigenvalue weighted by molar-refractivity contribution is -0.125. The summed E-state index contributed by atoms with van der Waals surface area (Å²) < 4.78 is 13.6. The number of amides is 1. The number of carbonyl (C=O) groups excluding carboxylic acids is 1. The van der Waals surface area contributed by atoms with Crippen molar-refractivity contribution in [1.82, 2.24) is 25.1 Å². The third-order valence-electron chi connectivity index (χ3n) is 5.97. The van der Waals surface area contributed by atoms with Crippen LogP contribution in [0.3, 0.4) is 0 Å². The standard InChI is InChI=1S/C21H29ClFN5O/c1-12(20-24-17-8-13(23)7-16(22)19(17)25-20)27-9-14-5-6-15(10-27)28(14)11-18(29)26-21(2,3)4/h7-8,12,14-15H,5-6,9-11H2,1-4H3,(H,24,25)(H,26,29)/t12-,14?,15?/m1/s1. The molecule has 1 amide bonds. The van der Waals surface area contributed by atoms with E-state index in [1.807, 2.05) is 20.8 Å². The van der Waals surface area contributed by atoms with Crippen molar-refractivity contribution >= 4 is 28.5 Å². The second-order valence-electron chi connectivity index (χ2n) is 9.39. The Labute approximate surface area is 175 Å². The molecule has 0 aliphatic carbocycles. The first-order valence-corrected chi connectivity index (χ1v) is 10.6. The van der Waals surface area contributed by atoms with E-state index >= 15 is 0 Å². The Morgan fingerprint density at radius 2 is 2.00 bits per heavy atom. The number of carbonyl (C=O) groups is 1. The van der Waals surface area contributed by atoms with Crippen LogP contribution in [-0.4, -0.2) is 62.9 Å². The van der Waals surface area contributed by atoms with Crippen molar-refractivity contribution in [1.29, 1.82) is 0 Å². The zero-order valence-corrected chi connectivity index (χ0v) is 18.2. The SMILES string of the molecule is C[C@H](c1nc2c(Cl)cc(F)cc2[nH]1)N1CC2CCC(C1)N2CC(=O)NC(C)(C)C. The average molecular weight is 422 g/mol. The maximum absolute atomic E-state index is 13.6. The van der Waals surface area contributed by atoms with Gasteiger partial charge in [0.25, 0.3) is 0 Å². The fourth-order valence-electron chi connectivity index (χ4n) is 4.65. The number of hydrogen-bond donors (Lipinski definition) is 2. The van der Waals surface area contributed by atoms with Gasteiger partial charge < -0.3 is 10.3 Å². The Morgan fingerprint density at radius 3 is 2.62 bits per heavy atom. The second-order valence-corrected chi connectivity index (χ2v) is 9.80. The molecule has 3 heterocycles. The summed E-state index contributed by atoms with van der Waals surface area (Å²) in [5.74, 6) is 0.515. The smallest absolute Gasteiger partial charge is 0.234 e. The van der Waals surface area contributed by atoms with E-state index in [1.165, 1.54) is 12.1 Å². The predicted octanol–water partition coefficient (Wildman–Crippen LogP) is 3.48. The molecule has 4 rings (SSSR count). The minimum atomic E-state index is -0.370. The van der Waals surface area contributed by atoms with E-state index in [9.17, 15) is 9.18 Å². The van der Waals surface area contributed by atoms with E-state index in [4.69, 9.17) is 11.6 Å². The van der Waals surface area contributed by atoms with Crippen molar-refractivity contribution in [2.75, 3.05) is 19.6 Å². The lowest BCUT2D eigenvalue weighted by Gasteiger charge is -2.43. The van der Waals surface area contributed by atoms with Crippen LogP contribution in [0.2, 0.25) is 5.02 Å². The molecule has 0 spiro atoms. The van der Waals surface area contributed by atoms with Crippen LogP contribution in [0.15, 0.2) is 12.1 Å². The fraction of sp³-hybridized carbons (Fsp3) is 0.619. The number of fused-ring (bicyclic) bond motifs is 3. The second kappa shape index (κ2) is 7.52. The summed E-state index contributed by atoms with van der Waals surface area (Å²) in [5.41, 5.74) is 1.02. The highest BCUT2D eigenvalue weighted by Gasteiger charge is 2.42. The molecule has 158 valence electrons. The van der Waals surface area contributed by atoms with Gasteiger partial charge in [-0.15, -0.1) is 0 Å². The molecule has 2 fully saturated rings. The average Bonchev–Trinajstić information content (AvgIpc) is 3.10. The van der Waals surface area contributed by atoms with Gasteiger partial charge in [0.05, 0.1) is 23.1 Å². The highest BCUT2D eigenvalue weighted by molar-refractivity contribution is 6.34. The van der Waals surface area contributed by atoms with Gasteiger partial charge >= 0.3 is 0 Å². The van der Waals surface area contributed by atoms with E-state index in [1.54, 1.807) is 0 Å². The van der Waals surface area contributed by atoms with Crippen molar-refractivity contribution < 1.29 is 9.18 Å². The number of halogens is 2. The lowest BCUT2D eigenvalue weighted by atomic mass is 10.1. The van der Waals surface area contributed by atoms with E-state index in [0.29, 0.717) is 34.7 Å². The Kier molecular flexibility index (Phi) is 5.34. The van der Waals surface area contributed by atoms with Gasteiger partial charge in [-0.2, -0.15) is 0 Å². The van der Waals surface area contributed by atoms with Gasteiger partial charge in [0.2, 0.25) is 5.91 Å². The summed E-state index contributed by atoms with van der Waals surface area (Å²) in [5, 5.41) is 3.39. The van der Waals surface area contributed by atoms with Crippen LogP contribution in [0, 0.1) is 5.82 Å². The van der Waals surface area contributed by atoms with Crippen molar-refractivity contribution in [3.8, 4) is 0 Å². The van der Waals surface area contributed by atoms with Crippen LogP contribution in [-0.2, 0) is 4.79 Å². The summed E-state index contributed by atoms with van der Waals surface area (Å²) >= 11 is 6.16. The third kappa shape index (κ3) is 4.27. The number of aromatic amines is 1. The van der Waals surface area contributed by atoms with Crippen LogP contribution >= 0.6 is 11.6 Å². The van der Waals surface area contributed by atoms with E-state index in [2.05, 4.69) is 32.0 Å². The monoisotopic (exact) mass is 421 g/mol. The molecule has 2 aliphatic rings. The van der Waals surface area contributed by atoms with Crippen LogP contribution < -0.4 is 5.32 Å². The molecular formula is C21H29ClFN5O. The molecule has 2 saturated heterocycles. The molecule has 6 nitrogen and oxygen atoms in total. The Bertz CT molecular complexity index is 910. The minimum Gasteiger partial charge on any atom is -0.350 e. The maximum Gasteiger partial charge on any atom is 0.234 e. The molecule has 0 saturated carbocycles. The molecule has 2 bridgehead atoms. The zero-order valence-electron chi connectivity index (χ0n) is 17.4. The molecule has 2 aliphatic heterocycles. The van der Waals surface area contributed by atoms with Crippen LogP contribution in [0.25, 0.3) is 11.0 Å². The number of aromatic nitrogens is 2. The van der Waals surface area contributed by atoms with Gasteiger partial charge in [-0.1, -0.05) is 11.6 Å². The normalized spacial score (nSPS) is 24.2. The molecule has 3 atom stereocenters. The summed E-state index contributed by atoms with van der Waals surface area (Å²) in [4.78, 5) is 25.1. The fourth-order valence-corrected chi connectivity index (χ4v) is 4.90. The molecule has 2 N–H and O–H groups in total. The van der Waals surface area contributed by atoms with Crippen molar-refractivity contribution in [2.45, 2.75) is 64.2 Å². The first kappa shape index (κ1) is 20.6. The molecule has 1 aromatic carbocycles. The molecule has 8 heteroatoms. The van der Waals surface area contributed by atoms with E-state index in [0.717, 1.165) is 31.8 Å². The van der Waals surface area contributed by atoms with Gasteiger partial charge in [-0.3, -0.25) is 14.6 Å². The van der Waals surface area contributed by atoms with Crippen LogP contribution in [0.5, 0.6) is 0 Å². The number of piperazine rings is 1. The number of nitrogens with one attached hydrogen (secondary N) is 2. The number of H-pyrrole nitrogens is 1. The van der Waals surface area contributed by atoms with E-state index < -0.39 is 0 Å². The van der Waals surface area contributed by atoms with Gasteiger partial charge in [-0.25, -0.2) is 9.37 Å². The third-order valence-corrected chi connectivity index (χ3v) is 6.26. The number of hydrogen-bond acceptors (Lipinski definition) is 4. The minimum absolute atomic E-state index is 0.0650. The molecule has 2 aromatic rings. The van der Waals surface area contributed by atoms with Crippen LogP contribution in [0.4, 0.5) is 4.39 Å². The first-order chi connectivity index (χ1) is 13.6. The number of benzene rings is 1. The molecule has 29 heavy (non-hydrogen) atoms. The first-order valence-electron chi connectivity index (χ1n) is 10.3. The predicted molar refractivity (Wildman–Crippen MR) is 112 cm³/mol. The van der Waals surface area contributed by atoms with E-state index in [-0.39, 0.29) is 23.3 Å². The number of nitrogens with zero attached hydrogens (tertiary/aromatic N) is 3. The molecular weight excluding hydrogens is 393 g/mol. The molecule has 0 radical (unpaired) electrons. The molecule has 1 aromatic heterocycles. The number of rotatable bonds is 4. The largest absolute Gasteiger partial charge is 0.350 e. The summed E-state index contributed by atoms with van der Waals surface area (Å²) in [7, 11) is 0. The van der Waals surface area contributed by atoms with Gasteiger partial charge in [0.1, 0.15) is 17.2 Å². The quantitative estimate of drug-likeness (QED) is 0.793.